The molecular formula is C17H13ClFN3O3. The van der Waals surface area contributed by atoms with Crippen LogP contribution in [0.3, 0.4) is 0 Å². The molecule has 0 bridgehead atoms. The summed E-state index contributed by atoms with van der Waals surface area (Å²) in [5.74, 6) is -1.18. The van der Waals surface area contributed by atoms with E-state index in [0.717, 1.165) is 0 Å². The van der Waals surface area contributed by atoms with Crippen molar-refractivity contribution in [1.82, 2.24) is 4.98 Å². The van der Waals surface area contributed by atoms with Gasteiger partial charge in [-0.05, 0) is 42.5 Å². The predicted molar refractivity (Wildman–Crippen MR) is 93.7 cm³/mol. The van der Waals surface area contributed by atoms with Crippen LogP contribution in [-0.2, 0) is 4.74 Å². The summed E-state index contributed by atoms with van der Waals surface area (Å²) in [4.78, 5) is 27.0. The maximum Gasteiger partial charge on any atom is 0.356 e. The van der Waals surface area contributed by atoms with Crippen LogP contribution in [0.4, 0.5) is 20.6 Å². The monoisotopic (exact) mass is 361 g/mol. The highest BCUT2D eigenvalue weighted by molar-refractivity contribution is 6.30. The molecule has 3 aromatic rings. The van der Waals surface area contributed by atoms with E-state index in [9.17, 15) is 14.0 Å². The van der Waals surface area contributed by atoms with Gasteiger partial charge in [0.15, 0.2) is 0 Å². The van der Waals surface area contributed by atoms with E-state index in [2.05, 4.69) is 15.6 Å². The van der Waals surface area contributed by atoms with Crippen molar-refractivity contribution in [3.8, 4) is 0 Å². The lowest BCUT2D eigenvalue weighted by molar-refractivity contribution is 0.0596. The van der Waals surface area contributed by atoms with E-state index in [1.807, 2.05) is 0 Å². The molecule has 0 fully saturated rings. The van der Waals surface area contributed by atoms with E-state index in [4.69, 9.17) is 16.3 Å². The molecule has 6 nitrogen and oxygen atoms in total. The summed E-state index contributed by atoms with van der Waals surface area (Å²) >= 11 is 5.80. The number of methoxy groups -OCH3 is 1. The first-order chi connectivity index (χ1) is 12.0. The zero-order valence-electron chi connectivity index (χ0n) is 13.0. The van der Waals surface area contributed by atoms with Crippen LogP contribution in [0.5, 0.6) is 0 Å². The largest absolute Gasteiger partial charge is 0.464 e. The van der Waals surface area contributed by atoms with Gasteiger partial charge in [0.2, 0.25) is 0 Å². The van der Waals surface area contributed by atoms with Crippen LogP contribution >= 0.6 is 11.6 Å². The standard InChI is InChI=1S/C17H13ClFN3O3/c1-25-16(23)15-14(12-8-10(19)4-7-13(12)21-15)22-17(24)20-11-5-2-9(18)3-6-11/h2-8,21H,1H3,(H2,20,22,24). The summed E-state index contributed by atoms with van der Waals surface area (Å²) in [6, 6.07) is 9.83. The summed E-state index contributed by atoms with van der Waals surface area (Å²) in [5.41, 5.74) is 1.15. The van der Waals surface area contributed by atoms with Gasteiger partial charge in [0.25, 0.3) is 0 Å². The minimum atomic E-state index is -0.682. The molecule has 1 aromatic heterocycles. The zero-order valence-corrected chi connectivity index (χ0v) is 13.8. The third kappa shape index (κ3) is 3.56. The summed E-state index contributed by atoms with van der Waals surface area (Å²) < 4.78 is 18.3. The Hall–Kier alpha value is -3.06. The first kappa shape index (κ1) is 16.8. The number of anilines is 2. The van der Waals surface area contributed by atoms with Gasteiger partial charge in [-0.25, -0.2) is 14.0 Å². The van der Waals surface area contributed by atoms with Crippen molar-refractivity contribution >= 4 is 45.9 Å². The molecule has 0 radical (unpaired) electrons. The fraction of sp³-hybridized carbons (Fsp3) is 0.0588. The van der Waals surface area contributed by atoms with E-state index in [-0.39, 0.29) is 11.4 Å². The normalized spacial score (nSPS) is 10.5. The highest BCUT2D eigenvalue weighted by Crippen LogP contribution is 2.29. The summed E-state index contributed by atoms with van der Waals surface area (Å²) in [5, 5.41) is 6.05. The first-order valence-corrected chi connectivity index (χ1v) is 7.59. The Bertz CT molecular complexity index is 954. The van der Waals surface area contributed by atoms with Crippen molar-refractivity contribution in [2.24, 2.45) is 0 Å². The number of H-pyrrole nitrogens is 1. The van der Waals surface area contributed by atoms with Gasteiger partial charge >= 0.3 is 12.0 Å². The smallest absolute Gasteiger partial charge is 0.356 e. The number of carbonyl (C=O) groups excluding carboxylic acids is 2. The van der Waals surface area contributed by atoms with Gasteiger partial charge in [0.1, 0.15) is 11.5 Å². The Morgan fingerprint density at radius 1 is 1.12 bits per heavy atom. The van der Waals surface area contributed by atoms with Crippen LogP contribution in [0.25, 0.3) is 10.9 Å². The molecular weight excluding hydrogens is 349 g/mol. The van der Waals surface area contributed by atoms with E-state index in [0.29, 0.717) is 21.6 Å². The molecule has 128 valence electrons. The van der Waals surface area contributed by atoms with Crippen molar-refractivity contribution in [2.45, 2.75) is 0 Å². The van der Waals surface area contributed by atoms with Crippen molar-refractivity contribution in [2.75, 3.05) is 17.7 Å². The number of urea groups is 1. The Labute approximate surface area is 146 Å². The molecule has 1 heterocycles. The highest BCUT2D eigenvalue weighted by atomic mass is 35.5. The Kier molecular flexibility index (Phi) is 4.58. The minimum absolute atomic E-state index is 0.0226. The van der Waals surface area contributed by atoms with Crippen molar-refractivity contribution in [3.05, 3.63) is 59.0 Å². The Morgan fingerprint density at radius 2 is 1.84 bits per heavy atom. The van der Waals surface area contributed by atoms with E-state index >= 15 is 0 Å². The number of carbonyl (C=O) groups is 2. The zero-order chi connectivity index (χ0) is 18.0. The first-order valence-electron chi connectivity index (χ1n) is 7.21. The molecule has 0 saturated heterocycles. The lowest BCUT2D eigenvalue weighted by Crippen LogP contribution is -2.21. The Morgan fingerprint density at radius 3 is 2.52 bits per heavy atom. The van der Waals surface area contributed by atoms with Gasteiger partial charge < -0.3 is 20.4 Å². The van der Waals surface area contributed by atoms with Crippen LogP contribution in [-0.4, -0.2) is 24.1 Å². The number of ether oxygens (including phenoxy) is 1. The molecule has 8 heteroatoms. The molecule has 0 aliphatic carbocycles. The molecule has 3 N–H and O–H groups in total. The second-order valence-corrected chi connectivity index (χ2v) is 5.58. The van der Waals surface area contributed by atoms with Gasteiger partial charge in [-0.1, -0.05) is 11.6 Å². The number of halogens is 2. The maximum atomic E-state index is 13.6. The number of rotatable bonds is 3. The number of esters is 1. The molecule has 0 aliphatic rings. The lowest BCUT2D eigenvalue weighted by Gasteiger charge is -2.08. The predicted octanol–water partition coefficient (Wildman–Crippen LogP) is 4.39. The molecule has 2 amide bonds. The van der Waals surface area contributed by atoms with Crippen LogP contribution in [0.2, 0.25) is 5.02 Å². The van der Waals surface area contributed by atoms with Crippen molar-refractivity contribution < 1.29 is 18.7 Å². The van der Waals surface area contributed by atoms with Crippen LogP contribution < -0.4 is 10.6 Å². The van der Waals surface area contributed by atoms with Gasteiger partial charge in [0.05, 0.1) is 12.8 Å². The molecule has 0 unspecified atom stereocenters. The summed E-state index contributed by atoms with van der Waals surface area (Å²) in [7, 11) is 1.21. The lowest BCUT2D eigenvalue weighted by atomic mass is 10.2. The summed E-state index contributed by atoms with van der Waals surface area (Å²) in [6.07, 6.45) is 0. The van der Waals surface area contributed by atoms with Crippen LogP contribution in [0, 0.1) is 5.82 Å². The quantitative estimate of drug-likeness (QED) is 0.605. The fourth-order valence-corrected chi connectivity index (χ4v) is 2.48. The molecule has 0 atom stereocenters. The van der Waals surface area contributed by atoms with Crippen LogP contribution in [0.15, 0.2) is 42.5 Å². The molecule has 3 rings (SSSR count). The number of nitrogens with one attached hydrogen (secondary N) is 3. The van der Waals surface area contributed by atoms with Crippen LogP contribution in [0.1, 0.15) is 10.5 Å². The maximum absolute atomic E-state index is 13.6. The van der Waals surface area contributed by atoms with E-state index < -0.39 is 17.8 Å². The number of aromatic nitrogens is 1. The third-order valence-electron chi connectivity index (χ3n) is 3.49. The van der Waals surface area contributed by atoms with Gasteiger partial charge in [0, 0.05) is 21.6 Å². The fourth-order valence-electron chi connectivity index (χ4n) is 2.36. The number of aromatic amines is 1. The van der Waals surface area contributed by atoms with Crippen molar-refractivity contribution in [3.63, 3.8) is 0 Å². The SMILES string of the molecule is COC(=O)c1[nH]c2ccc(F)cc2c1NC(=O)Nc1ccc(Cl)cc1. The molecule has 0 saturated carbocycles. The van der Waals surface area contributed by atoms with Crippen molar-refractivity contribution in [1.29, 1.82) is 0 Å². The molecule has 0 spiro atoms. The number of hydrogen-bond donors (Lipinski definition) is 3. The second kappa shape index (κ2) is 6.82. The number of amides is 2. The molecule has 25 heavy (non-hydrogen) atoms. The number of hydrogen-bond acceptors (Lipinski definition) is 3. The second-order valence-electron chi connectivity index (χ2n) is 5.14. The minimum Gasteiger partial charge on any atom is -0.464 e. The van der Waals surface area contributed by atoms with Gasteiger partial charge in [-0.3, -0.25) is 0 Å². The average molecular weight is 362 g/mol. The number of fused-ring (bicyclic) bond motifs is 1. The van der Waals surface area contributed by atoms with Gasteiger partial charge in [-0.15, -0.1) is 0 Å². The topological polar surface area (TPSA) is 83.2 Å². The van der Waals surface area contributed by atoms with Gasteiger partial charge in [-0.2, -0.15) is 0 Å². The van der Waals surface area contributed by atoms with E-state index in [1.165, 1.54) is 25.3 Å². The third-order valence-corrected chi connectivity index (χ3v) is 3.74. The molecule has 2 aromatic carbocycles. The Balaban J connectivity index is 1.93. The highest BCUT2D eigenvalue weighted by Gasteiger charge is 2.20. The average Bonchev–Trinajstić information content (AvgIpc) is 2.94. The van der Waals surface area contributed by atoms with E-state index in [1.54, 1.807) is 24.3 Å². The molecule has 0 aliphatic heterocycles. The summed E-state index contributed by atoms with van der Waals surface area (Å²) in [6.45, 7) is 0. The number of benzene rings is 2.